The molecule has 0 bridgehead atoms. The smallest absolute Gasteiger partial charge is 0.407 e. The number of amides is 3. The molecule has 1 fully saturated rings. The number of hydrogen-bond acceptors (Lipinski definition) is 4. The Morgan fingerprint density at radius 3 is 2.23 bits per heavy atom. The maximum Gasteiger partial charge on any atom is 0.407 e. The molecule has 0 aromatic heterocycles. The van der Waals surface area contributed by atoms with Crippen LogP contribution in [0.15, 0.2) is 0 Å². The molecule has 4 N–H and O–H groups in total. The third-order valence-electron chi connectivity index (χ3n) is 3.48. The first kappa shape index (κ1) is 18.1. The summed E-state index contributed by atoms with van der Waals surface area (Å²) in [4.78, 5) is 34.5. The second-order valence-corrected chi connectivity index (χ2v) is 6.43. The molecule has 1 saturated carbocycles. The van der Waals surface area contributed by atoms with Crippen LogP contribution in [0.25, 0.3) is 0 Å². The summed E-state index contributed by atoms with van der Waals surface area (Å²) in [5.41, 5.74) is -0.644. The first-order valence-electron chi connectivity index (χ1n) is 7.33. The van der Waals surface area contributed by atoms with E-state index in [0.717, 1.165) is 0 Å². The van der Waals surface area contributed by atoms with Gasteiger partial charge >= 0.3 is 12.2 Å². The number of carbonyl (C=O) groups is 3. The molecular formula is C14H25N3O5. The average molecular weight is 315 g/mol. The molecule has 3 atom stereocenters. The minimum Gasteiger partial charge on any atom is -0.465 e. The Labute approximate surface area is 130 Å². The maximum absolute atomic E-state index is 11.9. The number of rotatable bonds is 3. The zero-order valence-electron chi connectivity index (χ0n) is 13.4. The van der Waals surface area contributed by atoms with Crippen molar-refractivity contribution >= 4 is 18.1 Å². The topological polar surface area (TPSA) is 117 Å². The molecule has 0 spiro atoms. The van der Waals surface area contributed by atoms with E-state index in [1.54, 1.807) is 27.8 Å². The predicted molar refractivity (Wildman–Crippen MR) is 79.5 cm³/mol. The minimum absolute atomic E-state index is 0.107. The van der Waals surface area contributed by atoms with E-state index in [1.165, 1.54) is 0 Å². The quantitative estimate of drug-likeness (QED) is 0.621. The first-order chi connectivity index (χ1) is 10.1. The highest BCUT2D eigenvalue weighted by Gasteiger charge is 2.36. The zero-order chi connectivity index (χ0) is 16.9. The van der Waals surface area contributed by atoms with E-state index in [-0.39, 0.29) is 11.8 Å². The molecule has 0 aliphatic heterocycles. The highest BCUT2D eigenvalue weighted by molar-refractivity contribution is 5.78. The molecule has 22 heavy (non-hydrogen) atoms. The first-order valence-corrected chi connectivity index (χ1v) is 7.33. The molecule has 0 unspecified atom stereocenters. The van der Waals surface area contributed by atoms with Gasteiger partial charge in [-0.15, -0.1) is 0 Å². The third-order valence-corrected chi connectivity index (χ3v) is 3.48. The van der Waals surface area contributed by atoms with Gasteiger partial charge in [-0.2, -0.15) is 0 Å². The molecule has 0 aromatic rings. The van der Waals surface area contributed by atoms with Crippen molar-refractivity contribution in [2.45, 2.75) is 57.7 Å². The predicted octanol–water partition coefficient (Wildman–Crippen LogP) is 1.06. The molecule has 3 amide bonds. The van der Waals surface area contributed by atoms with E-state index in [9.17, 15) is 14.4 Å². The van der Waals surface area contributed by atoms with Crippen LogP contribution in [0.3, 0.4) is 0 Å². The summed E-state index contributed by atoms with van der Waals surface area (Å²) in [5, 5.41) is 16.5. The van der Waals surface area contributed by atoms with Crippen LogP contribution in [0.2, 0.25) is 0 Å². The van der Waals surface area contributed by atoms with Crippen LogP contribution >= 0.6 is 0 Å². The summed E-state index contributed by atoms with van der Waals surface area (Å²) in [6, 6.07) is -0.923. The summed E-state index contributed by atoms with van der Waals surface area (Å²) in [7, 11) is 1.56. The van der Waals surface area contributed by atoms with E-state index in [2.05, 4.69) is 16.0 Å². The van der Waals surface area contributed by atoms with Gasteiger partial charge in [-0.05, 0) is 40.0 Å². The Kier molecular flexibility index (Phi) is 6.01. The van der Waals surface area contributed by atoms with Crippen molar-refractivity contribution in [3.63, 3.8) is 0 Å². The van der Waals surface area contributed by atoms with E-state index < -0.39 is 29.9 Å². The average Bonchev–Trinajstić information content (AvgIpc) is 2.37. The van der Waals surface area contributed by atoms with Crippen LogP contribution in [-0.4, -0.2) is 47.9 Å². The minimum atomic E-state index is -1.15. The van der Waals surface area contributed by atoms with E-state index in [0.29, 0.717) is 19.3 Å². The molecule has 8 heteroatoms. The van der Waals surface area contributed by atoms with Crippen molar-refractivity contribution in [2.24, 2.45) is 5.92 Å². The van der Waals surface area contributed by atoms with Crippen molar-refractivity contribution < 1.29 is 24.2 Å². The Hall–Kier alpha value is -1.99. The molecule has 1 rings (SSSR count). The van der Waals surface area contributed by atoms with Gasteiger partial charge in [-0.1, -0.05) is 0 Å². The summed E-state index contributed by atoms with van der Waals surface area (Å²) in [6.45, 7) is 5.23. The SMILES string of the molecule is CNC(=O)[C@H]1CC[C@H](NC(=O)O)[C@@H](NC(=O)OC(C)(C)C)C1. The Bertz CT molecular complexity index is 433. The third kappa shape index (κ3) is 5.79. The molecule has 1 aliphatic rings. The highest BCUT2D eigenvalue weighted by Crippen LogP contribution is 2.25. The van der Waals surface area contributed by atoms with Crippen molar-refractivity contribution in [3.8, 4) is 0 Å². The van der Waals surface area contributed by atoms with Crippen molar-refractivity contribution in [3.05, 3.63) is 0 Å². The van der Waals surface area contributed by atoms with Gasteiger partial charge < -0.3 is 25.8 Å². The number of carboxylic acid groups (broad SMARTS) is 1. The van der Waals surface area contributed by atoms with E-state index >= 15 is 0 Å². The fourth-order valence-corrected chi connectivity index (χ4v) is 2.56. The summed E-state index contributed by atoms with van der Waals surface area (Å²) in [6.07, 6.45) is -0.363. The number of carbonyl (C=O) groups excluding carboxylic acids is 2. The van der Waals surface area contributed by atoms with Crippen molar-refractivity contribution in [2.75, 3.05) is 7.05 Å². The van der Waals surface area contributed by atoms with Crippen molar-refractivity contribution in [1.82, 2.24) is 16.0 Å². The maximum atomic E-state index is 11.9. The lowest BCUT2D eigenvalue weighted by Gasteiger charge is -2.36. The molecule has 8 nitrogen and oxygen atoms in total. The molecular weight excluding hydrogens is 290 g/mol. The number of alkyl carbamates (subject to hydrolysis) is 1. The second kappa shape index (κ2) is 7.33. The van der Waals surface area contributed by atoms with Crippen LogP contribution in [0, 0.1) is 5.92 Å². The highest BCUT2D eigenvalue weighted by atomic mass is 16.6. The van der Waals surface area contributed by atoms with Gasteiger partial charge in [0.2, 0.25) is 5.91 Å². The van der Waals surface area contributed by atoms with Gasteiger partial charge in [0.15, 0.2) is 0 Å². The Morgan fingerprint density at radius 1 is 1.09 bits per heavy atom. The normalized spacial score (nSPS) is 25.0. The van der Waals surface area contributed by atoms with Gasteiger partial charge in [0.1, 0.15) is 5.60 Å². The van der Waals surface area contributed by atoms with E-state index in [1.807, 2.05) is 0 Å². The lowest BCUT2D eigenvalue weighted by Crippen LogP contribution is -2.56. The number of nitrogens with one attached hydrogen (secondary N) is 3. The van der Waals surface area contributed by atoms with Crippen LogP contribution in [0.4, 0.5) is 9.59 Å². The lowest BCUT2D eigenvalue weighted by molar-refractivity contribution is -0.125. The molecule has 0 saturated heterocycles. The van der Waals surface area contributed by atoms with Crippen LogP contribution in [0.1, 0.15) is 40.0 Å². The molecule has 0 heterocycles. The fourth-order valence-electron chi connectivity index (χ4n) is 2.56. The van der Waals surface area contributed by atoms with Gasteiger partial charge in [-0.25, -0.2) is 9.59 Å². The van der Waals surface area contributed by atoms with Gasteiger partial charge in [0.05, 0.1) is 12.1 Å². The van der Waals surface area contributed by atoms with Gasteiger partial charge in [0.25, 0.3) is 0 Å². The zero-order valence-corrected chi connectivity index (χ0v) is 13.4. The van der Waals surface area contributed by atoms with Gasteiger partial charge in [0, 0.05) is 13.0 Å². The molecule has 0 aromatic carbocycles. The largest absolute Gasteiger partial charge is 0.465 e. The Balaban J connectivity index is 2.74. The Morgan fingerprint density at radius 2 is 1.73 bits per heavy atom. The molecule has 1 aliphatic carbocycles. The fraction of sp³-hybridized carbons (Fsp3) is 0.786. The standard InChI is InChI=1S/C14H25N3O5/c1-14(2,3)22-13(21)17-10-7-8(11(18)15-4)5-6-9(10)16-12(19)20/h8-10,16H,5-7H2,1-4H3,(H,15,18)(H,17,21)(H,19,20)/t8-,9-,10-/m0/s1. The van der Waals surface area contributed by atoms with Crippen LogP contribution in [0.5, 0.6) is 0 Å². The number of ether oxygens (including phenoxy) is 1. The molecule has 126 valence electrons. The number of hydrogen-bond donors (Lipinski definition) is 4. The summed E-state index contributed by atoms with van der Waals surface area (Å²) >= 11 is 0. The van der Waals surface area contributed by atoms with Crippen LogP contribution in [-0.2, 0) is 9.53 Å². The monoisotopic (exact) mass is 315 g/mol. The van der Waals surface area contributed by atoms with Crippen molar-refractivity contribution in [1.29, 1.82) is 0 Å². The molecule has 0 radical (unpaired) electrons. The van der Waals surface area contributed by atoms with E-state index in [4.69, 9.17) is 9.84 Å². The lowest BCUT2D eigenvalue weighted by atomic mass is 9.82. The van der Waals surface area contributed by atoms with Gasteiger partial charge in [-0.3, -0.25) is 4.79 Å². The summed E-state index contributed by atoms with van der Waals surface area (Å²) < 4.78 is 5.19. The summed E-state index contributed by atoms with van der Waals surface area (Å²) in [5.74, 6) is -0.360. The van der Waals surface area contributed by atoms with Crippen LogP contribution < -0.4 is 16.0 Å². The second-order valence-electron chi connectivity index (χ2n) is 6.43.